The van der Waals surface area contributed by atoms with Crippen LogP contribution in [0.1, 0.15) is 4.88 Å². The number of nitrogens with one attached hydrogen (secondary N) is 1. The average molecular weight is 313 g/mol. The van der Waals surface area contributed by atoms with Crippen LogP contribution < -0.4 is 9.46 Å². The molecule has 1 heterocycles. The van der Waals surface area contributed by atoms with E-state index in [0.717, 1.165) is 16.2 Å². The normalized spacial score (nSPS) is 11.3. The number of rotatable bonds is 6. The summed E-state index contributed by atoms with van der Waals surface area (Å²) in [6, 6.07) is 10.1. The molecule has 1 aromatic heterocycles. The SMILES string of the molecule is COc1ccccc1NS(=O)(=O)c1ccc(CCO)s1. The minimum Gasteiger partial charge on any atom is -0.495 e. The van der Waals surface area contributed by atoms with Gasteiger partial charge in [-0.3, -0.25) is 4.72 Å². The van der Waals surface area contributed by atoms with Crippen LogP contribution in [0, 0.1) is 0 Å². The van der Waals surface area contributed by atoms with E-state index in [1.807, 2.05) is 0 Å². The topological polar surface area (TPSA) is 75.6 Å². The van der Waals surface area contributed by atoms with E-state index in [9.17, 15) is 8.42 Å². The fourth-order valence-corrected chi connectivity index (χ4v) is 4.09. The number of hydrogen-bond acceptors (Lipinski definition) is 5. The monoisotopic (exact) mass is 313 g/mol. The van der Waals surface area contributed by atoms with Crippen molar-refractivity contribution in [3.8, 4) is 5.75 Å². The van der Waals surface area contributed by atoms with Crippen LogP contribution >= 0.6 is 11.3 Å². The maximum Gasteiger partial charge on any atom is 0.271 e. The van der Waals surface area contributed by atoms with Gasteiger partial charge in [-0.15, -0.1) is 11.3 Å². The summed E-state index contributed by atoms with van der Waals surface area (Å²) < 4.78 is 32.4. The lowest BCUT2D eigenvalue weighted by atomic mass is 10.3. The first-order valence-corrected chi connectivity index (χ1v) is 8.22. The van der Waals surface area contributed by atoms with E-state index in [0.29, 0.717) is 17.9 Å². The summed E-state index contributed by atoms with van der Waals surface area (Å²) in [4.78, 5) is 0.827. The molecule has 0 amide bonds. The Bertz CT molecular complexity index is 679. The Morgan fingerprint density at radius 1 is 1.25 bits per heavy atom. The molecule has 20 heavy (non-hydrogen) atoms. The van der Waals surface area contributed by atoms with Gasteiger partial charge in [0.05, 0.1) is 12.8 Å². The molecule has 0 aliphatic carbocycles. The Balaban J connectivity index is 2.26. The van der Waals surface area contributed by atoms with Gasteiger partial charge in [-0.2, -0.15) is 0 Å². The lowest BCUT2D eigenvalue weighted by Crippen LogP contribution is -2.12. The van der Waals surface area contributed by atoms with E-state index in [2.05, 4.69) is 4.72 Å². The molecule has 0 radical (unpaired) electrons. The van der Waals surface area contributed by atoms with Crippen molar-refractivity contribution in [2.45, 2.75) is 10.6 Å². The van der Waals surface area contributed by atoms with Gasteiger partial charge in [0, 0.05) is 17.9 Å². The summed E-state index contributed by atoms with van der Waals surface area (Å²) >= 11 is 1.15. The number of anilines is 1. The highest BCUT2D eigenvalue weighted by molar-refractivity contribution is 7.94. The maximum absolute atomic E-state index is 12.3. The molecule has 2 rings (SSSR count). The number of benzene rings is 1. The number of ether oxygens (including phenoxy) is 1. The van der Waals surface area contributed by atoms with Gasteiger partial charge in [-0.05, 0) is 24.3 Å². The molecule has 0 aliphatic heterocycles. The van der Waals surface area contributed by atoms with Crippen LogP contribution in [0.4, 0.5) is 5.69 Å². The first kappa shape index (κ1) is 14.8. The Kier molecular flexibility index (Phi) is 4.64. The van der Waals surface area contributed by atoms with Crippen LogP contribution in [0.3, 0.4) is 0 Å². The van der Waals surface area contributed by atoms with Gasteiger partial charge < -0.3 is 9.84 Å². The van der Waals surface area contributed by atoms with Gasteiger partial charge in [-0.25, -0.2) is 8.42 Å². The molecule has 5 nitrogen and oxygen atoms in total. The van der Waals surface area contributed by atoms with Gasteiger partial charge in [0.15, 0.2) is 0 Å². The van der Waals surface area contributed by atoms with E-state index in [-0.39, 0.29) is 10.8 Å². The highest BCUT2D eigenvalue weighted by Gasteiger charge is 2.18. The average Bonchev–Trinajstić information content (AvgIpc) is 2.89. The standard InChI is InChI=1S/C13H15NO4S2/c1-18-12-5-3-2-4-11(12)14-20(16,17)13-7-6-10(19-13)8-9-15/h2-7,14-15H,8-9H2,1H3. The van der Waals surface area contributed by atoms with E-state index in [4.69, 9.17) is 9.84 Å². The Labute approximate surface area is 121 Å². The summed E-state index contributed by atoms with van der Waals surface area (Å²) in [5.41, 5.74) is 0.395. The molecule has 7 heteroatoms. The van der Waals surface area contributed by atoms with Crippen molar-refractivity contribution < 1.29 is 18.3 Å². The smallest absolute Gasteiger partial charge is 0.271 e. The summed E-state index contributed by atoms with van der Waals surface area (Å²) in [5.74, 6) is 0.461. The molecular formula is C13H15NO4S2. The van der Waals surface area contributed by atoms with Crippen molar-refractivity contribution in [1.29, 1.82) is 0 Å². The van der Waals surface area contributed by atoms with Crippen LogP contribution in [0.25, 0.3) is 0 Å². The van der Waals surface area contributed by atoms with Gasteiger partial charge in [0.1, 0.15) is 9.96 Å². The molecule has 0 saturated carbocycles. The van der Waals surface area contributed by atoms with E-state index in [1.165, 1.54) is 13.2 Å². The lowest BCUT2D eigenvalue weighted by Gasteiger charge is -2.10. The quantitative estimate of drug-likeness (QED) is 0.856. The third-order valence-electron chi connectivity index (χ3n) is 2.61. The molecule has 0 aliphatic rings. The number of hydrogen-bond donors (Lipinski definition) is 2. The molecular weight excluding hydrogens is 298 g/mol. The van der Waals surface area contributed by atoms with E-state index in [1.54, 1.807) is 30.3 Å². The fourth-order valence-electron chi connectivity index (χ4n) is 1.67. The molecule has 1 aromatic carbocycles. The predicted molar refractivity (Wildman–Crippen MR) is 78.9 cm³/mol. The molecule has 0 spiro atoms. The van der Waals surface area contributed by atoms with E-state index >= 15 is 0 Å². The van der Waals surface area contributed by atoms with Gasteiger partial charge >= 0.3 is 0 Å². The molecule has 2 N–H and O–H groups in total. The van der Waals surface area contributed by atoms with Crippen LogP contribution in [-0.2, 0) is 16.4 Å². The van der Waals surface area contributed by atoms with Crippen molar-refractivity contribution in [1.82, 2.24) is 0 Å². The highest BCUT2D eigenvalue weighted by atomic mass is 32.2. The number of sulfonamides is 1. The summed E-state index contributed by atoms with van der Waals surface area (Å²) in [5, 5.41) is 8.86. The third-order valence-corrected chi connectivity index (χ3v) is 5.61. The molecule has 0 saturated heterocycles. The van der Waals surface area contributed by atoms with Crippen LogP contribution in [0.15, 0.2) is 40.6 Å². The first-order valence-electron chi connectivity index (χ1n) is 5.92. The van der Waals surface area contributed by atoms with E-state index < -0.39 is 10.0 Å². The number of aliphatic hydroxyl groups excluding tert-OH is 1. The zero-order valence-corrected chi connectivity index (χ0v) is 12.5. The third kappa shape index (κ3) is 3.30. The van der Waals surface area contributed by atoms with Crippen molar-refractivity contribution in [3.63, 3.8) is 0 Å². The van der Waals surface area contributed by atoms with Crippen LogP contribution in [-0.4, -0.2) is 27.2 Å². The summed E-state index contributed by atoms with van der Waals surface area (Å²) in [6.45, 7) is -0.0000619. The van der Waals surface area contributed by atoms with Gasteiger partial charge in [0.2, 0.25) is 0 Å². The predicted octanol–water partition coefficient (Wildman–Crippen LogP) is 2.09. The van der Waals surface area contributed by atoms with Crippen LogP contribution in [0.5, 0.6) is 5.75 Å². The minimum absolute atomic E-state index is 0.0000619. The second-order valence-electron chi connectivity index (χ2n) is 4.00. The summed E-state index contributed by atoms with van der Waals surface area (Å²) in [6.07, 6.45) is 0.453. The second kappa shape index (κ2) is 6.25. The maximum atomic E-state index is 12.3. The van der Waals surface area contributed by atoms with Crippen molar-refractivity contribution in [2.24, 2.45) is 0 Å². The fraction of sp³-hybridized carbons (Fsp3) is 0.231. The Hall–Kier alpha value is -1.57. The van der Waals surface area contributed by atoms with Crippen molar-refractivity contribution >= 4 is 27.0 Å². The summed E-state index contributed by atoms with van der Waals surface area (Å²) in [7, 11) is -2.15. The molecule has 2 aromatic rings. The largest absolute Gasteiger partial charge is 0.495 e. The van der Waals surface area contributed by atoms with Gasteiger partial charge in [0.25, 0.3) is 10.0 Å². The zero-order valence-electron chi connectivity index (χ0n) is 10.9. The van der Waals surface area contributed by atoms with Crippen molar-refractivity contribution in [2.75, 3.05) is 18.4 Å². The molecule has 0 atom stereocenters. The molecule has 0 fully saturated rings. The molecule has 108 valence electrons. The highest BCUT2D eigenvalue weighted by Crippen LogP contribution is 2.28. The number of para-hydroxylation sites is 2. The zero-order chi connectivity index (χ0) is 14.6. The first-order chi connectivity index (χ1) is 9.56. The number of thiophene rings is 1. The Morgan fingerprint density at radius 2 is 2.00 bits per heavy atom. The lowest BCUT2D eigenvalue weighted by molar-refractivity contribution is 0.300. The number of aliphatic hydroxyl groups is 1. The minimum atomic E-state index is -3.64. The molecule has 0 unspecified atom stereocenters. The van der Waals surface area contributed by atoms with Crippen molar-refractivity contribution in [3.05, 3.63) is 41.3 Å². The van der Waals surface area contributed by atoms with Crippen LogP contribution in [0.2, 0.25) is 0 Å². The second-order valence-corrected chi connectivity index (χ2v) is 7.08. The number of methoxy groups -OCH3 is 1. The molecule has 0 bridgehead atoms. The van der Waals surface area contributed by atoms with Gasteiger partial charge in [-0.1, -0.05) is 12.1 Å². The Morgan fingerprint density at radius 3 is 2.70 bits per heavy atom.